The van der Waals surface area contributed by atoms with Gasteiger partial charge in [-0.15, -0.1) is 10.2 Å². The summed E-state index contributed by atoms with van der Waals surface area (Å²) in [7, 11) is 0. The summed E-state index contributed by atoms with van der Waals surface area (Å²) in [5.41, 5.74) is 2.19. The molecule has 0 aliphatic carbocycles. The van der Waals surface area contributed by atoms with Crippen LogP contribution >= 0.6 is 0 Å². The SMILES string of the molecule is CC(=O)N1CC[C@H](c2nnc3ccc(C(=O)NCCc4ccccn4)cn23)C1. The van der Waals surface area contributed by atoms with E-state index in [2.05, 4.69) is 20.5 Å². The molecule has 4 rings (SSSR count). The summed E-state index contributed by atoms with van der Waals surface area (Å²) in [6.07, 6.45) is 5.04. The monoisotopic (exact) mass is 378 g/mol. The van der Waals surface area contributed by atoms with Gasteiger partial charge in [0.1, 0.15) is 5.82 Å². The minimum absolute atomic E-state index is 0.0734. The summed E-state index contributed by atoms with van der Waals surface area (Å²) in [6, 6.07) is 9.28. The second-order valence-electron chi connectivity index (χ2n) is 6.98. The summed E-state index contributed by atoms with van der Waals surface area (Å²) < 4.78 is 1.86. The molecule has 1 aliphatic heterocycles. The number of amides is 2. The Hall–Kier alpha value is -3.29. The number of pyridine rings is 2. The van der Waals surface area contributed by atoms with Gasteiger partial charge in [0.05, 0.1) is 5.56 Å². The van der Waals surface area contributed by atoms with Crippen LogP contribution in [0.3, 0.4) is 0 Å². The Morgan fingerprint density at radius 1 is 1.21 bits per heavy atom. The Bertz CT molecular complexity index is 1000. The number of hydrogen-bond acceptors (Lipinski definition) is 5. The maximum atomic E-state index is 12.5. The molecule has 8 heteroatoms. The van der Waals surface area contributed by atoms with Gasteiger partial charge in [0.15, 0.2) is 5.65 Å². The quantitative estimate of drug-likeness (QED) is 0.725. The lowest BCUT2D eigenvalue weighted by atomic mass is 10.1. The highest BCUT2D eigenvalue weighted by Gasteiger charge is 2.29. The maximum Gasteiger partial charge on any atom is 0.252 e. The largest absolute Gasteiger partial charge is 0.352 e. The van der Waals surface area contributed by atoms with Crippen LogP contribution in [-0.4, -0.2) is 55.9 Å². The van der Waals surface area contributed by atoms with Gasteiger partial charge in [-0.2, -0.15) is 0 Å². The smallest absolute Gasteiger partial charge is 0.252 e. The van der Waals surface area contributed by atoms with Gasteiger partial charge in [-0.3, -0.25) is 19.0 Å². The van der Waals surface area contributed by atoms with E-state index in [1.807, 2.05) is 27.5 Å². The molecule has 2 amide bonds. The molecule has 28 heavy (non-hydrogen) atoms. The van der Waals surface area contributed by atoms with Crippen LogP contribution in [0.1, 0.15) is 41.1 Å². The van der Waals surface area contributed by atoms with Crippen LogP contribution in [0.25, 0.3) is 5.65 Å². The van der Waals surface area contributed by atoms with Crippen LogP contribution < -0.4 is 5.32 Å². The number of carbonyl (C=O) groups excluding carboxylic acids is 2. The van der Waals surface area contributed by atoms with Crippen LogP contribution in [0.2, 0.25) is 0 Å². The fraction of sp³-hybridized carbons (Fsp3) is 0.350. The normalized spacial score (nSPS) is 16.5. The van der Waals surface area contributed by atoms with Gasteiger partial charge in [0.25, 0.3) is 5.91 Å². The Labute approximate surface area is 162 Å². The van der Waals surface area contributed by atoms with Crippen molar-refractivity contribution < 1.29 is 9.59 Å². The van der Waals surface area contributed by atoms with Gasteiger partial charge >= 0.3 is 0 Å². The molecular formula is C20H22N6O2. The molecular weight excluding hydrogens is 356 g/mol. The van der Waals surface area contributed by atoms with Crippen molar-refractivity contribution in [2.75, 3.05) is 19.6 Å². The van der Waals surface area contributed by atoms with Crippen molar-refractivity contribution in [3.63, 3.8) is 0 Å². The molecule has 1 aliphatic rings. The van der Waals surface area contributed by atoms with E-state index in [9.17, 15) is 9.59 Å². The van der Waals surface area contributed by atoms with Gasteiger partial charge in [0.2, 0.25) is 5.91 Å². The Kier molecular flexibility index (Phi) is 5.01. The molecule has 0 bridgehead atoms. The van der Waals surface area contributed by atoms with Crippen molar-refractivity contribution >= 4 is 17.5 Å². The number of nitrogens with zero attached hydrogens (tertiary/aromatic N) is 5. The Balaban J connectivity index is 1.46. The second kappa shape index (κ2) is 7.75. The zero-order chi connectivity index (χ0) is 19.5. The lowest BCUT2D eigenvalue weighted by molar-refractivity contribution is -0.127. The molecule has 1 fully saturated rings. The highest BCUT2D eigenvalue weighted by atomic mass is 16.2. The molecule has 3 aromatic rings. The highest BCUT2D eigenvalue weighted by Crippen LogP contribution is 2.26. The summed E-state index contributed by atoms with van der Waals surface area (Å²) in [6.45, 7) is 3.45. The Morgan fingerprint density at radius 2 is 2.11 bits per heavy atom. The minimum Gasteiger partial charge on any atom is -0.352 e. The van der Waals surface area contributed by atoms with E-state index in [1.165, 1.54) is 0 Å². The molecule has 144 valence electrons. The summed E-state index contributed by atoms with van der Waals surface area (Å²) in [5, 5.41) is 11.4. The van der Waals surface area contributed by atoms with Crippen LogP contribution in [0.5, 0.6) is 0 Å². The molecule has 4 heterocycles. The van der Waals surface area contributed by atoms with Crippen molar-refractivity contribution in [1.29, 1.82) is 0 Å². The number of nitrogens with one attached hydrogen (secondary N) is 1. The average Bonchev–Trinajstić information content (AvgIpc) is 3.35. The fourth-order valence-corrected chi connectivity index (χ4v) is 3.53. The van der Waals surface area contributed by atoms with Crippen molar-refractivity contribution in [1.82, 2.24) is 29.8 Å². The third-order valence-corrected chi connectivity index (χ3v) is 5.08. The van der Waals surface area contributed by atoms with E-state index >= 15 is 0 Å². The summed E-state index contributed by atoms with van der Waals surface area (Å²) in [4.78, 5) is 30.2. The van der Waals surface area contributed by atoms with Gasteiger partial charge in [-0.1, -0.05) is 6.07 Å². The number of aromatic nitrogens is 4. The van der Waals surface area contributed by atoms with Gasteiger partial charge in [0, 0.05) is 57.0 Å². The molecule has 3 aromatic heterocycles. The first-order valence-corrected chi connectivity index (χ1v) is 9.40. The number of carbonyl (C=O) groups is 2. The zero-order valence-electron chi connectivity index (χ0n) is 15.7. The molecule has 0 radical (unpaired) electrons. The van der Waals surface area contributed by atoms with Gasteiger partial charge in [-0.05, 0) is 30.7 Å². The zero-order valence-corrected chi connectivity index (χ0v) is 15.7. The summed E-state index contributed by atoms with van der Waals surface area (Å²) in [5.74, 6) is 0.849. The average molecular weight is 378 g/mol. The van der Waals surface area contributed by atoms with Crippen LogP contribution in [0, 0.1) is 0 Å². The minimum atomic E-state index is -0.144. The van der Waals surface area contributed by atoms with Gasteiger partial charge < -0.3 is 10.2 Å². The Morgan fingerprint density at radius 3 is 2.86 bits per heavy atom. The number of hydrogen-bond donors (Lipinski definition) is 1. The molecule has 1 N–H and O–H groups in total. The maximum absolute atomic E-state index is 12.5. The van der Waals surface area contributed by atoms with Crippen molar-refractivity contribution in [2.24, 2.45) is 0 Å². The molecule has 1 saturated heterocycles. The summed E-state index contributed by atoms with van der Waals surface area (Å²) >= 11 is 0. The van der Waals surface area contributed by atoms with Crippen molar-refractivity contribution in [3.8, 4) is 0 Å². The van der Waals surface area contributed by atoms with Crippen molar-refractivity contribution in [2.45, 2.75) is 25.7 Å². The molecule has 0 spiro atoms. The van der Waals surface area contributed by atoms with E-state index in [1.54, 1.807) is 31.5 Å². The fourth-order valence-electron chi connectivity index (χ4n) is 3.53. The molecule has 0 unspecified atom stereocenters. The van der Waals surface area contributed by atoms with Crippen molar-refractivity contribution in [3.05, 3.63) is 59.8 Å². The second-order valence-corrected chi connectivity index (χ2v) is 6.98. The number of fused-ring (bicyclic) bond motifs is 1. The van der Waals surface area contributed by atoms with E-state index in [4.69, 9.17) is 0 Å². The predicted molar refractivity (Wildman–Crippen MR) is 103 cm³/mol. The van der Waals surface area contributed by atoms with Gasteiger partial charge in [-0.25, -0.2) is 0 Å². The standard InChI is InChI=1S/C20H22N6O2/c1-14(27)25-11-8-15(12-25)19-24-23-18-6-5-16(13-26(18)19)20(28)22-10-7-17-4-2-3-9-21-17/h2-6,9,13,15H,7-8,10-12H2,1H3,(H,22,28)/t15-/m0/s1. The van der Waals surface area contributed by atoms with E-state index < -0.39 is 0 Å². The van der Waals surface area contributed by atoms with Crippen LogP contribution in [-0.2, 0) is 11.2 Å². The first kappa shape index (κ1) is 18.1. The van der Waals surface area contributed by atoms with Crippen LogP contribution in [0.4, 0.5) is 0 Å². The highest BCUT2D eigenvalue weighted by molar-refractivity contribution is 5.94. The first-order chi connectivity index (χ1) is 13.6. The third kappa shape index (κ3) is 3.71. The van der Waals surface area contributed by atoms with E-state index in [0.29, 0.717) is 30.7 Å². The number of rotatable bonds is 5. The molecule has 0 saturated carbocycles. The lowest BCUT2D eigenvalue weighted by Crippen LogP contribution is -2.26. The lowest BCUT2D eigenvalue weighted by Gasteiger charge is -2.13. The van der Waals surface area contributed by atoms with E-state index in [-0.39, 0.29) is 17.7 Å². The third-order valence-electron chi connectivity index (χ3n) is 5.08. The van der Waals surface area contributed by atoms with Crippen LogP contribution in [0.15, 0.2) is 42.7 Å². The molecule has 8 nitrogen and oxygen atoms in total. The first-order valence-electron chi connectivity index (χ1n) is 9.40. The molecule has 0 aromatic carbocycles. The molecule has 1 atom stereocenters. The topological polar surface area (TPSA) is 92.5 Å². The van der Waals surface area contributed by atoms with E-state index in [0.717, 1.165) is 24.5 Å². The predicted octanol–water partition coefficient (Wildman–Crippen LogP) is 1.43. The number of likely N-dealkylation sites (tertiary alicyclic amines) is 1.